The number of benzene rings is 4. The van der Waals surface area contributed by atoms with E-state index in [4.69, 9.17) is 34.8 Å². The normalized spacial score (nSPS) is 12.3. The van der Waals surface area contributed by atoms with Gasteiger partial charge >= 0.3 is 0 Å². The molecule has 0 radical (unpaired) electrons. The minimum Gasteiger partial charge on any atom is -0.350 e. The molecule has 0 heterocycles. The average Bonchev–Trinajstić information content (AvgIpc) is 2.99. The Hall–Kier alpha value is -3.56. The number of carbonyl (C=O) groups excluding carboxylic acids is 2. The number of anilines is 1. The van der Waals surface area contributed by atoms with E-state index < -0.39 is 40.0 Å². The summed E-state index contributed by atoms with van der Waals surface area (Å²) in [5.41, 5.74) is 1.96. The fourth-order valence-electron chi connectivity index (χ4n) is 4.81. The largest absolute Gasteiger partial charge is 0.350 e. The maximum Gasteiger partial charge on any atom is 0.264 e. The number of amides is 2. The molecule has 0 fully saturated rings. The Balaban J connectivity index is 1.83. The number of hydrogen-bond acceptors (Lipinski definition) is 4. The molecule has 46 heavy (non-hydrogen) atoms. The molecule has 4 rings (SSSR count). The van der Waals surface area contributed by atoms with Gasteiger partial charge in [-0.2, -0.15) is 0 Å². The molecule has 0 unspecified atom stereocenters. The topological polar surface area (TPSA) is 86.8 Å². The Morgan fingerprint density at radius 2 is 1.43 bits per heavy atom. The first-order valence-electron chi connectivity index (χ1n) is 14.6. The molecule has 2 amide bonds. The van der Waals surface area contributed by atoms with E-state index in [1.807, 2.05) is 58.0 Å². The number of carbonyl (C=O) groups is 2. The first-order valence-corrected chi connectivity index (χ1v) is 17.2. The molecule has 0 bridgehead atoms. The molecule has 0 aliphatic carbocycles. The molecule has 11 heteroatoms. The lowest BCUT2D eigenvalue weighted by Crippen LogP contribution is -2.56. The average molecular weight is 701 g/mol. The van der Waals surface area contributed by atoms with Gasteiger partial charge in [-0.15, -0.1) is 0 Å². The third kappa shape index (κ3) is 9.26. The van der Waals surface area contributed by atoms with Gasteiger partial charge in [0, 0.05) is 33.6 Å². The number of hydrogen-bond donors (Lipinski definition) is 1. The van der Waals surface area contributed by atoms with Crippen LogP contribution >= 0.6 is 34.8 Å². The molecule has 0 aromatic heterocycles. The Labute approximate surface area is 286 Å². The summed E-state index contributed by atoms with van der Waals surface area (Å²) in [7, 11) is -4.25. The van der Waals surface area contributed by atoms with Crippen molar-refractivity contribution in [2.75, 3.05) is 10.8 Å². The highest BCUT2D eigenvalue weighted by Crippen LogP contribution is 2.28. The van der Waals surface area contributed by atoms with Crippen LogP contribution < -0.4 is 9.62 Å². The van der Waals surface area contributed by atoms with E-state index in [1.54, 1.807) is 42.5 Å². The summed E-state index contributed by atoms with van der Waals surface area (Å²) in [4.78, 5) is 29.9. The summed E-state index contributed by atoms with van der Waals surface area (Å²) in [5, 5.41) is 4.10. The van der Waals surface area contributed by atoms with E-state index in [0.717, 1.165) is 15.4 Å². The molecule has 0 spiro atoms. The zero-order valence-electron chi connectivity index (χ0n) is 26.0. The zero-order valence-corrected chi connectivity index (χ0v) is 29.1. The van der Waals surface area contributed by atoms with Crippen molar-refractivity contribution in [3.8, 4) is 0 Å². The van der Waals surface area contributed by atoms with Crippen molar-refractivity contribution in [1.29, 1.82) is 0 Å². The molecule has 4 aromatic rings. The van der Waals surface area contributed by atoms with Gasteiger partial charge in [-0.05, 0) is 87.4 Å². The Bertz CT molecular complexity index is 1780. The number of rotatable bonds is 11. The van der Waals surface area contributed by atoms with Crippen LogP contribution in [0.5, 0.6) is 0 Å². The summed E-state index contributed by atoms with van der Waals surface area (Å²) in [6.07, 6.45) is 0.175. The van der Waals surface area contributed by atoms with Gasteiger partial charge < -0.3 is 10.2 Å². The number of sulfonamides is 1. The number of aryl methyl sites for hydroxylation is 1. The molecule has 242 valence electrons. The molecule has 7 nitrogen and oxygen atoms in total. The highest BCUT2D eigenvalue weighted by molar-refractivity contribution is 7.92. The predicted molar refractivity (Wildman–Crippen MR) is 186 cm³/mol. The first-order chi connectivity index (χ1) is 21.6. The van der Waals surface area contributed by atoms with Crippen LogP contribution in [0.3, 0.4) is 0 Å². The van der Waals surface area contributed by atoms with Crippen LogP contribution in [0, 0.1) is 6.92 Å². The van der Waals surface area contributed by atoms with Crippen LogP contribution in [0.15, 0.2) is 102 Å². The maximum atomic E-state index is 14.6. The molecule has 1 atom stereocenters. The lowest BCUT2D eigenvalue weighted by molar-refractivity contribution is -0.140. The minimum absolute atomic E-state index is 0.0381. The van der Waals surface area contributed by atoms with Gasteiger partial charge in [0.1, 0.15) is 12.6 Å². The van der Waals surface area contributed by atoms with Crippen molar-refractivity contribution in [3.05, 3.63) is 129 Å². The third-order valence-corrected chi connectivity index (χ3v) is 9.75. The smallest absolute Gasteiger partial charge is 0.264 e. The van der Waals surface area contributed by atoms with E-state index in [1.165, 1.54) is 29.2 Å². The van der Waals surface area contributed by atoms with Crippen molar-refractivity contribution in [1.82, 2.24) is 10.2 Å². The number of nitrogens with one attached hydrogen (secondary N) is 1. The lowest BCUT2D eigenvalue weighted by Gasteiger charge is -2.35. The monoisotopic (exact) mass is 699 g/mol. The third-order valence-electron chi connectivity index (χ3n) is 7.13. The van der Waals surface area contributed by atoms with Crippen LogP contribution in [-0.4, -0.2) is 43.3 Å². The first kappa shape index (κ1) is 35.3. The van der Waals surface area contributed by atoms with Crippen LogP contribution in [-0.2, 0) is 32.6 Å². The Kier molecular flexibility index (Phi) is 11.4. The van der Waals surface area contributed by atoms with Gasteiger partial charge in [0.2, 0.25) is 11.8 Å². The van der Waals surface area contributed by atoms with Crippen LogP contribution in [0.4, 0.5) is 5.69 Å². The van der Waals surface area contributed by atoms with Crippen molar-refractivity contribution < 1.29 is 18.0 Å². The molecule has 1 N–H and O–H groups in total. The highest BCUT2D eigenvalue weighted by Gasteiger charge is 2.36. The molecular formula is C35H36Cl3N3O4S. The van der Waals surface area contributed by atoms with Gasteiger partial charge in [-0.1, -0.05) is 88.9 Å². The molecular weight excluding hydrogens is 665 g/mol. The predicted octanol–water partition coefficient (Wildman–Crippen LogP) is 7.71. The molecule has 4 aromatic carbocycles. The summed E-state index contributed by atoms with van der Waals surface area (Å²) < 4.78 is 29.3. The van der Waals surface area contributed by atoms with Gasteiger partial charge in [-0.25, -0.2) is 8.42 Å². The molecule has 0 aliphatic heterocycles. The van der Waals surface area contributed by atoms with E-state index >= 15 is 0 Å². The Morgan fingerprint density at radius 1 is 0.826 bits per heavy atom. The standard InChI is InChI=1S/C35H36Cl3N3O4S/c1-24-10-16-29(17-11-24)41(46(44,45)30-18-14-27(36)15-19-30)23-33(42)40(22-26-12-13-28(37)21-31(26)38)32(34(43)39-35(2,3)4)20-25-8-6-5-7-9-25/h5-19,21,32H,20,22-23H2,1-4H3,(H,39,43)/t32-/m0/s1. The highest BCUT2D eigenvalue weighted by atomic mass is 35.5. The summed E-state index contributed by atoms with van der Waals surface area (Å²) in [6.45, 7) is 6.77. The lowest BCUT2D eigenvalue weighted by atomic mass is 10.0. The SMILES string of the molecule is Cc1ccc(N(CC(=O)N(Cc2ccc(Cl)cc2Cl)[C@@H](Cc2ccccc2)C(=O)NC(C)(C)C)S(=O)(=O)c2ccc(Cl)cc2)cc1. The maximum absolute atomic E-state index is 14.6. The fraction of sp³-hybridized carbons (Fsp3) is 0.257. The molecule has 0 saturated heterocycles. The summed E-state index contributed by atoms with van der Waals surface area (Å²) >= 11 is 18.8. The van der Waals surface area contributed by atoms with E-state index in [-0.39, 0.29) is 23.5 Å². The Morgan fingerprint density at radius 3 is 2.02 bits per heavy atom. The second-order valence-corrected chi connectivity index (χ2v) is 15.1. The van der Waals surface area contributed by atoms with Gasteiger partial charge in [-0.3, -0.25) is 13.9 Å². The van der Waals surface area contributed by atoms with Crippen molar-refractivity contribution in [2.45, 2.75) is 57.1 Å². The van der Waals surface area contributed by atoms with Crippen LogP contribution in [0.1, 0.15) is 37.5 Å². The molecule has 0 aliphatic rings. The van der Waals surface area contributed by atoms with E-state index in [2.05, 4.69) is 5.32 Å². The van der Waals surface area contributed by atoms with Gasteiger partial charge in [0.05, 0.1) is 10.6 Å². The van der Waals surface area contributed by atoms with Crippen molar-refractivity contribution in [2.24, 2.45) is 0 Å². The minimum atomic E-state index is -4.25. The quantitative estimate of drug-likeness (QED) is 0.174. The summed E-state index contributed by atoms with van der Waals surface area (Å²) in [6, 6.07) is 25.8. The fourth-order valence-corrected chi connectivity index (χ4v) is 6.82. The van der Waals surface area contributed by atoms with Crippen molar-refractivity contribution in [3.63, 3.8) is 0 Å². The zero-order chi connectivity index (χ0) is 33.6. The second kappa shape index (κ2) is 14.9. The van der Waals surface area contributed by atoms with Gasteiger partial charge in [0.15, 0.2) is 0 Å². The van der Waals surface area contributed by atoms with Crippen LogP contribution in [0.25, 0.3) is 0 Å². The molecule has 0 saturated carbocycles. The summed E-state index contributed by atoms with van der Waals surface area (Å²) in [5.74, 6) is -0.994. The number of halogens is 3. The van der Waals surface area contributed by atoms with Crippen molar-refractivity contribution >= 4 is 62.3 Å². The van der Waals surface area contributed by atoms with Gasteiger partial charge in [0.25, 0.3) is 10.0 Å². The van der Waals surface area contributed by atoms with E-state index in [0.29, 0.717) is 20.6 Å². The number of nitrogens with zero attached hydrogens (tertiary/aromatic N) is 2. The van der Waals surface area contributed by atoms with E-state index in [9.17, 15) is 18.0 Å². The second-order valence-electron chi connectivity index (χ2n) is 12.0. The van der Waals surface area contributed by atoms with Crippen LogP contribution in [0.2, 0.25) is 15.1 Å².